The first-order valence-electron chi connectivity index (χ1n) is 6.28. The van der Waals surface area contributed by atoms with Gasteiger partial charge in [-0.1, -0.05) is 18.6 Å². The van der Waals surface area contributed by atoms with Crippen molar-refractivity contribution in [3.63, 3.8) is 0 Å². The van der Waals surface area contributed by atoms with Crippen LogP contribution in [-0.2, 0) is 0 Å². The van der Waals surface area contributed by atoms with Gasteiger partial charge in [-0.15, -0.1) is 0 Å². The van der Waals surface area contributed by atoms with Gasteiger partial charge in [0.1, 0.15) is 0 Å². The van der Waals surface area contributed by atoms with Gasteiger partial charge < -0.3 is 5.73 Å². The molecule has 2 N–H and O–H groups in total. The van der Waals surface area contributed by atoms with Gasteiger partial charge in [0.05, 0.1) is 0 Å². The highest BCUT2D eigenvalue weighted by Gasteiger charge is 2.48. The van der Waals surface area contributed by atoms with Crippen molar-refractivity contribution >= 4 is 5.69 Å². The number of rotatable bonds is 2. The van der Waals surface area contributed by atoms with E-state index in [9.17, 15) is 0 Å². The molecule has 1 spiro atoms. The summed E-state index contributed by atoms with van der Waals surface area (Å²) in [5.74, 6) is 0. The molecular formula is C14H20N2. The van der Waals surface area contributed by atoms with Gasteiger partial charge in [-0.3, -0.25) is 4.90 Å². The fourth-order valence-electron chi connectivity index (χ4n) is 3.11. The average Bonchev–Trinajstić information content (AvgIpc) is 2.13. The summed E-state index contributed by atoms with van der Waals surface area (Å²) >= 11 is 0. The molecule has 1 aromatic carbocycles. The highest BCUT2D eigenvalue weighted by atomic mass is 15.2. The lowest BCUT2D eigenvalue weighted by Crippen LogP contribution is -2.59. The second-order valence-corrected chi connectivity index (χ2v) is 5.60. The van der Waals surface area contributed by atoms with Crippen LogP contribution in [0.4, 0.5) is 5.69 Å². The lowest BCUT2D eigenvalue weighted by Gasteiger charge is -2.58. The number of nitrogen functional groups attached to an aromatic ring is 1. The summed E-state index contributed by atoms with van der Waals surface area (Å²) in [6, 6.07) is 8.83. The summed E-state index contributed by atoms with van der Waals surface area (Å²) in [5, 5.41) is 0. The summed E-state index contributed by atoms with van der Waals surface area (Å²) in [6.45, 7) is 4.88. The van der Waals surface area contributed by atoms with Crippen molar-refractivity contribution in [2.45, 2.75) is 32.2 Å². The number of likely N-dealkylation sites (tertiary alicyclic amines) is 1. The van der Waals surface area contributed by atoms with Crippen LogP contribution in [0.25, 0.3) is 0 Å². The van der Waals surface area contributed by atoms with Gasteiger partial charge in [-0.2, -0.15) is 0 Å². The molecule has 1 saturated heterocycles. The molecule has 0 amide bonds. The predicted octanol–water partition coefficient (Wildman–Crippen LogP) is 2.82. The zero-order valence-corrected chi connectivity index (χ0v) is 9.95. The van der Waals surface area contributed by atoms with E-state index in [0.717, 1.165) is 5.69 Å². The summed E-state index contributed by atoms with van der Waals surface area (Å²) in [7, 11) is 0. The molecule has 1 unspecified atom stereocenters. The third-order valence-electron chi connectivity index (χ3n) is 4.43. The molecule has 2 heteroatoms. The summed E-state index contributed by atoms with van der Waals surface area (Å²) in [4.78, 5) is 2.58. The van der Waals surface area contributed by atoms with Crippen LogP contribution in [0.1, 0.15) is 37.8 Å². The molecule has 1 aliphatic carbocycles. The Balaban J connectivity index is 1.67. The summed E-state index contributed by atoms with van der Waals surface area (Å²) < 4.78 is 0. The van der Waals surface area contributed by atoms with Crippen LogP contribution in [0.5, 0.6) is 0 Å². The second-order valence-electron chi connectivity index (χ2n) is 5.60. The maximum absolute atomic E-state index is 5.83. The van der Waals surface area contributed by atoms with Crippen LogP contribution in [0, 0.1) is 5.41 Å². The van der Waals surface area contributed by atoms with Gasteiger partial charge in [0.2, 0.25) is 0 Å². The lowest BCUT2D eigenvalue weighted by molar-refractivity contribution is -0.0804. The Bertz CT molecular complexity index is 387. The molecule has 2 fully saturated rings. The minimum absolute atomic E-state index is 0.523. The minimum Gasteiger partial charge on any atom is -0.399 e. The fraction of sp³-hybridized carbons (Fsp3) is 0.571. The van der Waals surface area contributed by atoms with Crippen molar-refractivity contribution in [3.05, 3.63) is 29.8 Å². The Hall–Kier alpha value is -1.02. The molecule has 3 rings (SSSR count). The summed E-state index contributed by atoms with van der Waals surface area (Å²) in [5.41, 5.74) is 8.78. The van der Waals surface area contributed by atoms with E-state index in [1.54, 1.807) is 0 Å². The zero-order valence-electron chi connectivity index (χ0n) is 9.95. The third kappa shape index (κ3) is 1.52. The van der Waals surface area contributed by atoms with E-state index in [1.807, 2.05) is 6.07 Å². The lowest BCUT2D eigenvalue weighted by atomic mass is 9.63. The molecular weight excluding hydrogens is 196 g/mol. The van der Waals surface area contributed by atoms with Crippen LogP contribution in [0.2, 0.25) is 0 Å². The topological polar surface area (TPSA) is 29.3 Å². The van der Waals surface area contributed by atoms with E-state index in [4.69, 9.17) is 5.73 Å². The van der Waals surface area contributed by atoms with E-state index in [1.165, 1.54) is 37.9 Å². The second kappa shape index (κ2) is 3.49. The smallest absolute Gasteiger partial charge is 0.0321 e. The molecule has 1 atom stereocenters. The van der Waals surface area contributed by atoms with E-state index >= 15 is 0 Å². The van der Waals surface area contributed by atoms with E-state index in [-0.39, 0.29) is 0 Å². The number of benzene rings is 1. The highest BCUT2D eigenvalue weighted by molar-refractivity contribution is 5.41. The van der Waals surface area contributed by atoms with Gasteiger partial charge in [0.25, 0.3) is 0 Å². The largest absolute Gasteiger partial charge is 0.399 e. The van der Waals surface area contributed by atoms with Gasteiger partial charge >= 0.3 is 0 Å². The number of nitrogens with zero attached hydrogens (tertiary/aromatic N) is 1. The van der Waals surface area contributed by atoms with Gasteiger partial charge in [0.15, 0.2) is 0 Å². The molecule has 1 saturated carbocycles. The van der Waals surface area contributed by atoms with Gasteiger partial charge in [-0.25, -0.2) is 0 Å². The molecule has 86 valence electrons. The minimum atomic E-state index is 0.523. The molecule has 0 aromatic heterocycles. The maximum Gasteiger partial charge on any atom is 0.0321 e. The van der Waals surface area contributed by atoms with E-state index < -0.39 is 0 Å². The predicted molar refractivity (Wildman–Crippen MR) is 67.1 cm³/mol. The van der Waals surface area contributed by atoms with Crippen molar-refractivity contribution in [1.82, 2.24) is 4.90 Å². The normalized spacial score (nSPS) is 24.8. The van der Waals surface area contributed by atoms with Crippen molar-refractivity contribution in [3.8, 4) is 0 Å². The van der Waals surface area contributed by atoms with Gasteiger partial charge in [0, 0.05) is 24.8 Å². The standard InChI is InChI=1S/C14H20N2/c1-11(12-4-2-5-13(15)8-12)16-9-14(10-16)6-3-7-14/h2,4-5,8,11H,3,6-7,9-10,15H2,1H3. The quantitative estimate of drug-likeness (QED) is 0.770. The number of hydrogen-bond donors (Lipinski definition) is 1. The fourth-order valence-corrected chi connectivity index (χ4v) is 3.11. The molecule has 2 nitrogen and oxygen atoms in total. The molecule has 2 aliphatic rings. The zero-order chi connectivity index (χ0) is 11.2. The van der Waals surface area contributed by atoms with Crippen LogP contribution in [-0.4, -0.2) is 18.0 Å². The van der Waals surface area contributed by atoms with Crippen molar-refractivity contribution in [1.29, 1.82) is 0 Å². The highest BCUT2D eigenvalue weighted by Crippen LogP contribution is 2.50. The summed E-state index contributed by atoms with van der Waals surface area (Å²) in [6.07, 6.45) is 4.35. The first-order chi connectivity index (χ1) is 7.69. The average molecular weight is 216 g/mol. The Labute approximate surface area is 97.4 Å². The van der Waals surface area contributed by atoms with E-state index in [2.05, 4.69) is 30.0 Å². The molecule has 16 heavy (non-hydrogen) atoms. The van der Waals surface area contributed by atoms with Crippen LogP contribution < -0.4 is 5.73 Å². The van der Waals surface area contributed by atoms with Crippen LogP contribution >= 0.6 is 0 Å². The molecule has 1 heterocycles. The maximum atomic E-state index is 5.83. The molecule has 1 aliphatic heterocycles. The number of anilines is 1. The van der Waals surface area contributed by atoms with Crippen molar-refractivity contribution in [2.75, 3.05) is 18.8 Å². The van der Waals surface area contributed by atoms with E-state index in [0.29, 0.717) is 11.5 Å². The molecule has 1 aromatic rings. The third-order valence-corrected chi connectivity index (χ3v) is 4.43. The monoisotopic (exact) mass is 216 g/mol. The Kier molecular flexibility index (Phi) is 2.21. The van der Waals surface area contributed by atoms with Crippen LogP contribution in [0.15, 0.2) is 24.3 Å². The Morgan fingerprint density at radius 3 is 2.62 bits per heavy atom. The first-order valence-corrected chi connectivity index (χ1v) is 6.28. The Morgan fingerprint density at radius 2 is 2.06 bits per heavy atom. The van der Waals surface area contributed by atoms with Crippen molar-refractivity contribution < 1.29 is 0 Å². The SMILES string of the molecule is CC(c1cccc(N)c1)N1CC2(CCC2)C1. The van der Waals surface area contributed by atoms with Crippen molar-refractivity contribution in [2.24, 2.45) is 5.41 Å². The van der Waals surface area contributed by atoms with Crippen LogP contribution in [0.3, 0.4) is 0 Å². The number of hydrogen-bond acceptors (Lipinski definition) is 2. The molecule has 0 radical (unpaired) electrons. The number of nitrogens with two attached hydrogens (primary N) is 1. The van der Waals surface area contributed by atoms with Gasteiger partial charge in [-0.05, 0) is 42.9 Å². The first kappa shape index (κ1) is 10.2. The molecule has 0 bridgehead atoms. The Morgan fingerprint density at radius 1 is 1.31 bits per heavy atom.